The van der Waals surface area contributed by atoms with Crippen molar-refractivity contribution in [2.45, 2.75) is 33.4 Å². The fourth-order valence-corrected chi connectivity index (χ4v) is 2.00. The van der Waals surface area contributed by atoms with Crippen molar-refractivity contribution < 1.29 is 14.6 Å². The standard InChI is InChI=1S/C15H18N2O3/c1-3-6-17-10-16-8-12(17)9-20-14-5-4-11(2)7-13(14)15(18)19/h4-5,7-8,10H,3,6,9H2,1-2H3,(H,18,19). The summed E-state index contributed by atoms with van der Waals surface area (Å²) in [4.78, 5) is 15.3. The van der Waals surface area contributed by atoms with Crippen LogP contribution in [0.3, 0.4) is 0 Å². The molecule has 0 aliphatic carbocycles. The van der Waals surface area contributed by atoms with Crippen molar-refractivity contribution in [3.05, 3.63) is 47.5 Å². The minimum absolute atomic E-state index is 0.187. The molecule has 5 heteroatoms. The molecule has 0 unspecified atom stereocenters. The quantitative estimate of drug-likeness (QED) is 0.879. The predicted molar refractivity (Wildman–Crippen MR) is 75.0 cm³/mol. The van der Waals surface area contributed by atoms with E-state index in [1.807, 2.05) is 17.6 Å². The third kappa shape index (κ3) is 3.17. The first-order valence-corrected chi connectivity index (χ1v) is 6.57. The number of carboxylic acid groups (broad SMARTS) is 1. The van der Waals surface area contributed by atoms with Gasteiger partial charge in [-0.25, -0.2) is 9.78 Å². The van der Waals surface area contributed by atoms with Crippen LogP contribution in [0.25, 0.3) is 0 Å². The molecule has 0 radical (unpaired) electrons. The molecule has 5 nitrogen and oxygen atoms in total. The van der Waals surface area contributed by atoms with Crippen molar-refractivity contribution in [2.24, 2.45) is 0 Å². The van der Waals surface area contributed by atoms with Gasteiger partial charge in [0.2, 0.25) is 0 Å². The van der Waals surface area contributed by atoms with E-state index in [9.17, 15) is 9.90 Å². The van der Waals surface area contributed by atoms with Crippen molar-refractivity contribution in [3.63, 3.8) is 0 Å². The Morgan fingerprint density at radius 3 is 2.95 bits per heavy atom. The molecule has 1 N–H and O–H groups in total. The molecule has 0 saturated carbocycles. The molecular weight excluding hydrogens is 256 g/mol. The fourth-order valence-electron chi connectivity index (χ4n) is 2.00. The molecule has 1 heterocycles. The lowest BCUT2D eigenvalue weighted by molar-refractivity contribution is 0.0691. The van der Waals surface area contributed by atoms with Gasteiger partial charge in [-0.3, -0.25) is 0 Å². The number of rotatable bonds is 6. The molecule has 20 heavy (non-hydrogen) atoms. The second kappa shape index (κ2) is 6.23. The van der Waals surface area contributed by atoms with E-state index >= 15 is 0 Å². The highest BCUT2D eigenvalue weighted by Crippen LogP contribution is 2.21. The number of carboxylic acids is 1. The molecule has 0 aliphatic heterocycles. The van der Waals surface area contributed by atoms with E-state index in [-0.39, 0.29) is 5.56 Å². The minimum atomic E-state index is -0.981. The van der Waals surface area contributed by atoms with Crippen LogP contribution in [0.5, 0.6) is 5.75 Å². The summed E-state index contributed by atoms with van der Waals surface area (Å²) in [5, 5.41) is 9.19. The van der Waals surface area contributed by atoms with Gasteiger partial charge >= 0.3 is 5.97 Å². The SMILES string of the molecule is CCCn1cncc1COc1ccc(C)cc1C(=O)O. The third-order valence-corrected chi connectivity index (χ3v) is 3.00. The molecule has 0 aliphatic rings. The zero-order valence-electron chi connectivity index (χ0n) is 11.7. The van der Waals surface area contributed by atoms with Crippen LogP contribution in [-0.4, -0.2) is 20.6 Å². The maximum atomic E-state index is 11.2. The zero-order valence-corrected chi connectivity index (χ0v) is 11.7. The molecule has 106 valence electrons. The summed E-state index contributed by atoms with van der Waals surface area (Å²) < 4.78 is 7.65. The summed E-state index contributed by atoms with van der Waals surface area (Å²) in [6.45, 7) is 5.13. The summed E-state index contributed by atoms with van der Waals surface area (Å²) in [6, 6.07) is 5.14. The number of benzene rings is 1. The molecule has 2 aromatic rings. The van der Waals surface area contributed by atoms with Gasteiger partial charge in [-0.2, -0.15) is 0 Å². The molecule has 0 saturated heterocycles. The minimum Gasteiger partial charge on any atom is -0.486 e. The van der Waals surface area contributed by atoms with Gasteiger partial charge in [-0.05, 0) is 25.5 Å². The van der Waals surface area contributed by atoms with E-state index in [2.05, 4.69) is 11.9 Å². The number of aromatic nitrogens is 2. The first kappa shape index (κ1) is 14.1. The fraction of sp³-hybridized carbons (Fsp3) is 0.333. The summed E-state index contributed by atoms with van der Waals surface area (Å²) in [5.41, 5.74) is 2.01. The lowest BCUT2D eigenvalue weighted by Crippen LogP contribution is -2.07. The Labute approximate surface area is 117 Å². The molecule has 1 aromatic heterocycles. The summed E-state index contributed by atoms with van der Waals surface area (Å²) in [7, 11) is 0. The molecule has 1 aromatic carbocycles. The summed E-state index contributed by atoms with van der Waals surface area (Å²) in [5.74, 6) is -0.599. The maximum absolute atomic E-state index is 11.2. The predicted octanol–water partition coefficient (Wildman–Crippen LogP) is 2.88. The van der Waals surface area contributed by atoms with Gasteiger partial charge < -0.3 is 14.4 Å². The van der Waals surface area contributed by atoms with E-state index in [1.165, 1.54) is 0 Å². The first-order chi connectivity index (χ1) is 9.61. The number of aromatic carboxylic acids is 1. The normalized spacial score (nSPS) is 10.5. The van der Waals surface area contributed by atoms with Crippen molar-refractivity contribution >= 4 is 5.97 Å². The summed E-state index contributed by atoms with van der Waals surface area (Å²) in [6.07, 6.45) is 4.51. The monoisotopic (exact) mass is 274 g/mol. The van der Waals surface area contributed by atoms with E-state index < -0.39 is 5.97 Å². The molecule has 0 fully saturated rings. The Kier molecular flexibility index (Phi) is 4.40. The Morgan fingerprint density at radius 1 is 1.45 bits per heavy atom. The number of ether oxygens (including phenoxy) is 1. The van der Waals surface area contributed by atoms with E-state index in [0.717, 1.165) is 24.2 Å². The van der Waals surface area contributed by atoms with Crippen LogP contribution >= 0.6 is 0 Å². The van der Waals surface area contributed by atoms with E-state index in [0.29, 0.717) is 12.4 Å². The molecular formula is C15H18N2O3. The second-order valence-electron chi connectivity index (χ2n) is 4.67. The number of aryl methyl sites for hydroxylation is 2. The van der Waals surface area contributed by atoms with Gasteiger partial charge in [-0.15, -0.1) is 0 Å². The maximum Gasteiger partial charge on any atom is 0.339 e. The van der Waals surface area contributed by atoms with Gasteiger partial charge in [-0.1, -0.05) is 18.6 Å². The second-order valence-corrected chi connectivity index (χ2v) is 4.67. The topological polar surface area (TPSA) is 64.4 Å². The van der Waals surface area contributed by atoms with Gasteiger partial charge in [0.15, 0.2) is 0 Å². The number of imidazole rings is 1. The largest absolute Gasteiger partial charge is 0.486 e. The van der Waals surface area contributed by atoms with Crippen LogP contribution < -0.4 is 4.74 Å². The van der Waals surface area contributed by atoms with Crippen LogP contribution in [0.4, 0.5) is 0 Å². The van der Waals surface area contributed by atoms with Gasteiger partial charge in [0.1, 0.15) is 17.9 Å². The van der Waals surface area contributed by atoms with Gasteiger partial charge in [0.05, 0.1) is 18.2 Å². The average Bonchev–Trinajstić information content (AvgIpc) is 2.85. The Balaban J connectivity index is 2.14. The van der Waals surface area contributed by atoms with Gasteiger partial charge in [0.25, 0.3) is 0 Å². The zero-order chi connectivity index (χ0) is 14.5. The van der Waals surface area contributed by atoms with Crippen LogP contribution in [0.2, 0.25) is 0 Å². The van der Waals surface area contributed by atoms with E-state index in [1.54, 1.807) is 24.7 Å². The lowest BCUT2D eigenvalue weighted by Gasteiger charge is -2.11. The highest BCUT2D eigenvalue weighted by Gasteiger charge is 2.12. The molecule has 0 bridgehead atoms. The highest BCUT2D eigenvalue weighted by atomic mass is 16.5. The Hall–Kier alpha value is -2.30. The van der Waals surface area contributed by atoms with Gasteiger partial charge in [0, 0.05) is 6.54 Å². The molecule has 0 amide bonds. The van der Waals surface area contributed by atoms with Crippen molar-refractivity contribution in [3.8, 4) is 5.75 Å². The van der Waals surface area contributed by atoms with Crippen molar-refractivity contribution in [1.82, 2.24) is 9.55 Å². The Bertz CT molecular complexity index is 605. The average molecular weight is 274 g/mol. The molecule has 0 spiro atoms. The van der Waals surface area contributed by atoms with Crippen molar-refractivity contribution in [2.75, 3.05) is 0 Å². The lowest BCUT2D eigenvalue weighted by atomic mass is 10.1. The summed E-state index contributed by atoms with van der Waals surface area (Å²) >= 11 is 0. The third-order valence-electron chi connectivity index (χ3n) is 3.00. The number of hydrogen-bond donors (Lipinski definition) is 1. The number of hydrogen-bond acceptors (Lipinski definition) is 3. The Morgan fingerprint density at radius 2 is 2.25 bits per heavy atom. The number of carbonyl (C=O) groups is 1. The van der Waals surface area contributed by atoms with Crippen molar-refractivity contribution in [1.29, 1.82) is 0 Å². The smallest absolute Gasteiger partial charge is 0.339 e. The molecule has 2 rings (SSSR count). The molecule has 0 atom stereocenters. The number of nitrogens with zero attached hydrogens (tertiary/aromatic N) is 2. The first-order valence-electron chi connectivity index (χ1n) is 6.57. The van der Waals surface area contributed by atoms with Crippen LogP contribution in [0, 0.1) is 6.92 Å². The van der Waals surface area contributed by atoms with Crippen LogP contribution in [0.15, 0.2) is 30.7 Å². The van der Waals surface area contributed by atoms with E-state index in [4.69, 9.17) is 4.74 Å². The highest BCUT2D eigenvalue weighted by molar-refractivity contribution is 5.91. The van der Waals surface area contributed by atoms with Crippen LogP contribution in [-0.2, 0) is 13.2 Å². The van der Waals surface area contributed by atoms with Crippen LogP contribution in [0.1, 0.15) is 35.0 Å².